The molecule has 0 amide bonds. The Morgan fingerprint density at radius 1 is 1.25 bits per heavy atom. The maximum atomic E-state index is 12.0. The van der Waals surface area contributed by atoms with E-state index < -0.39 is 30.8 Å². The van der Waals surface area contributed by atoms with Crippen LogP contribution in [0.3, 0.4) is 0 Å². The van der Waals surface area contributed by atoms with E-state index in [9.17, 15) is 21.0 Å². The van der Waals surface area contributed by atoms with Crippen molar-refractivity contribution < 1.29 is 21.0 Å². The Labute approximate surface area is 121 Å². The summed E-state index contributed by atoms with van der Waals surface area (Å²) in [6.07, 6.45) is 1.47. The molecule has 0 radical (unpaired) electrons. The van der Waals surface area contributed by atoms with Crippen molar-refractivity contribution in [1.82, 2.24) is 4.72 Å². The molecule has 1 rings (SSSR count). The van der Waals surface area contributed by atoms with E-state index in [0.29, 0.717) is 0 Å². The van der Waals surface area contributed by atoms with E-state index in [2.05, 4.69) is 4.72 Å². The Hall–Kier alpha value is -0.810. The molecule has 3 N–H and O–H groups in total. The van der Waals surface area contributed by atoms with Gasteiger partial charge in [-0.1, -0.05) is 6.07 Å². The number of hydrogen-bond acceptors (Lipinski definition) is 5. The number of sulfonamides is 2. The Morgan fingerprint density at radius 3 is 2.30 bits per heavy atom. The molecule has 10 heteroatoms. The molecule has 0 aliphatic heterocycles. The predicted octanol–water partition coefficient (Wildman–Crippen LogP) is -0.621. The van der Waals surface area contributed by atoms with E-state index in [1.165, 1.54) is 24.5 Å². The molecular formula is C10H16N2O5S3. The Kier molecular flexibility index (Phi) is 5.44. The summed E-state index contributed by atoms with van der Waals surface area (Å²) < 4.78 is 59.8. The fraction of sp³-hybridized carbons (Fsp3) is 0.400. The largest absolute Gasteiger partial charge is 0.260 e. The second-order valence-corrected chi connectivity index (χ2v) is 9.31. The zero-order chi connectivity index (χ0) is 15.6. The van der Waals surface area contributed by atoms with Crippen LogP contribution in [0.25, 0.3) is 0 Å². The van der Waals surface area contributed by atoms with Crippen molar-refractivity contribution in [1.29, 1.82) is 0 Å². The molecule has 2 atom stereocenters. The molecule has 20 heavy (non-hydrogen) atoms. The molecule has 0 aromatic heterocycles. The van der Waals surface area contributed by atoms with Crippen LogP contribution in [0, 0.1) is 0 Å². The van der Waals surface area contributed by atoms with Crippen LogP contribution in [-0.4, -0.2) is 39.1 Å². The normalized spacial score (nSPS) is 15.8. The molecule has 0 bridgehead atoms. The molecular weight excluding hydrogens is 324 g/mol. The molecule has 0 aliphatic carbocycles. The Balaban J connectivity index is 3.02. The predicted molar refractivity (Wildman–Crippen MR) is 76.5 cm³/mol. The highest BCUT2D eigenvalue weighted by molar-refractivity contribution is 7.90. The van der Waals surface area contributed by atoms with Gasteiger partial charge in [-0.3, -0.25) is 4.21 Å². The van der Waals surface area contributed by atoms with Gasteiger partial charge in [0.1, 0.15) is 0 Å². The van der Waals surface area contributed by atoms with Gasteiger partial charge in [-0.15, -0.1) is 0 Å². The van der Waals surface area contributed by atoms with E-state index in [1.54, 1.807) is 6.92 Å². The zero-order valence-electron chi connectivity index (χ0n) is 10.9. The molecule has 0 fully saturated rings. The van der Waals surface area contributed by atoms with Gasteiger partial charge in [0.05, 0.1) is 9.79 Å². The van der Waals surface area contributed by atoms with Crippen molar-refractivity contribution in [2.24, 2.45) is 5.14 Å². The molecule has 114 valence electrons. The first kappa shape index (κ1) is 17.2. The van der Waals surface area contributed by atoms with Gasteiger partial charge in [-0.2, -0.15) is 0 Å². The monoisotopic (exact) mass is 340 g/mol. The van der Waals surface area contributed by atoms with E-state index >= 15 is 0 Å². The van der Waals surface area contributed by atoms with E-state index in [1.807, 2.05) is 0 Å². The lowest BCUT2D eigenvalue weighted by Gasteiger charge is -2.11. The average Bonchev–Trinajstić information content (AvgIpc) is 2.35. The summed E-state index contributed by atoms with van der Waals surface area (Å²) in [4.78, 5) is -0.495. The minimum atomic E-state index is -3.97. The van der Waals surface area contributed by atoms with Crippen LogP contribution in [-0.2, 0) is 30.8 Å². The number of benzene rings is 1. The zero-order valence-corrected chi connectivity index (χ0v) is 13.4. The average molecular weight is 340 g/mol. The summed E-state index contributed by atoms with van der Waals surface area (Å²) in [7, 11) is -9.01. The molecule has 1 aromatic carbocycles. The number of nitrogens with two attached hydrogens (primary N) is 1. The van der Waals surface area contributed by atoms with Crippen LogP contribution in [0.2, 0.25) is 0 Å². The lowest BCUT2D eigenvalue weighted by Crippen LogP contribution is -2.32. The lowest BCUT2D eigenvalue weighted by atomic mass is 10.4. The van der Waals surface area contributed by atoms with Gasteiger partial charge in [-0.05, 0) is 25.1 Å². The molecule has 0 saturated carbocycles. The summed E-state index contributed by atoms with van der Waals surface area (Å²) in [5.74, 6) is 0. The Morgan fingerprint density at radius 2 is 1.80 bits per heavy atom. The van der Waals surface area contributed by atoms with Gasteiger partial charge in [0, 0.05) is 28.9 Å². The summed E-state index contributed by atoms with van der Waals surface area (Å²) in [6.45, 7) is 1.63. The van der Waals surface area contributed by atoms with Gasteiger partial charge in [-0.25, -0.2) is 26.7 Å². The standard InChI is InChI=1S/C10H16N2O5S3/c1-8(18(2)13)7-12-20(16,17)10-5-3-4-9(6-10)19(11,14)15/h3-6,8,12H,7H2,1-2H3,(H2,11,14,15). The number of rotatable bonds is 6. The van der Waals surface area contributed by atoms with Crippen molar-refractivity contribution >= 4 is 30.8 Å². The summed E-state index contributed by atoms with van der Waals surface area (Å²) in [5.41, 5.74) is 0. The smallest absolute Gasteiger partial charge is 0.240 e. The number of hydrogen-bond donors (Lipinski definition) is 2. The molecule has 1 aromatic rings. The summed E-state index contributed by atoms with van der Waals surface area (Å²) in [6, 6.07) is 4.73. The van der Waals surface area contributed by atoms with Crippen molar-refractivity contribution in [3.8, 4) is 0 Å². The second kappa shape index (κ2) is 6.31. The van der Waals surface area contributed by atoms with Gasteiger partial charge < -0.3 is 0 Å². The topological polar surface area (TPSA) is 123 Å². The van der Waals surface area contributed by atoms with E-state index in [0.717, 1.165) is 6.07 Å². The fourth-order valence-corrected chi connectivity index (χ4v) is 3.48. The third-order valence-electron chi connectivity index (χ3n) is 2.57. The maximum Gasteiger partial charge on any atom is 0.240 e. The fourth-order valence-electron chi connectivity index (χ4n) is 1.25. The van der Waals surface area contributed by atoms with Crippen molar-refractivity contribution in [3.63, 3.8) is 0 Å². The molecule has 2 unspecified atom stereocenters. The lowest BCUT2D eigenvalue weighted by molar-refractivity contribution is 0.580. The van der Waals surface area contributed by atoms with E-state index in [-0.39, 0.29) is 21.6 Å². The maximum absolute atomic E-state index is 12.0. The summed E-state index contributed by atoms with van der Waals surface area (Å²) in [5, 5.41) is 4.59. The molecule has 0 aliphatic rings. The van der Waals surface area contributed by atoms with Gasteiger partial charge >= 0.3 is 0 Å². The van der Waals surface area contributed by atoms with Crippen LogP contribution in [0.1, 0.15) is 6.92 Å². The first-order chi connectivity index (χ1) is 9.04. The third kappa shape index (κ3) is 4.63. The van der Waals surface area contributed by atoms with Crippen molar-refractivity contribution in [2.75, 3.05) is 12.8 Å². The quantitative estimate of drug-likeness (QED) is 0.714. The van der Waals surface area contributed by atoms with Crippen molar-refractivity contribution in [2.45, 2.75) is 22.0 Å². The molecule has 0 heterocycles. The Bertz CT molecular complexity index is 712. The molecule has 0 spiro atoms. The third-order valence-corrected chi connectivity index (χ3v) is 6.20. The van der Waals surface area contributed by atoms with Gasteiger partial charge in [0.15, 0.2) is 0 Å². The first-order valence-electron chi connectivity index (χ1n) is 5.49. The molecule has 0 saturated heterocycles. The van der Waals surface area contributed by atoms with Crippen LogP contribution in [0.5, 0.6) is 0 Å². The van der Waals surface area contributed by atoms with E-state index in [4.69, 9.17) is 5.14 Å². The second-order valence-electron chi connectivity index (χ2n) is 4.18. The van der Waals surface area contributed by atoms with Crippen LogP contribution >= 0.6 is 0 Å². The van der Waals surface area contributed by atoms with Gasteiger partial charge in [0.25, 0.3) is 0 Å². The highest BCUT2D eigenvalue weighted by atomic mass is 32.2. The van der Waals surface area contributed by atoms with Crippen LogP contribution < -0.4 is 9.86 Å². The van der Waals surface area contributed by atoms with Crippen LogP contribution in [0.15, 0.2) is 34.1 Å². The van der Waals surface area contributed by atoms with Crippen LogP contribution in [0.4, 0.5) is 0 Å². The SMILES string of the molecule is CC(CNS(=O)(=O)c1cccc(S(N)(=O)=O)c1)S(C)=O. The number of primary sulfonamides is 1. The minimum Gasteiger partial charge on any atom is -0.260 e. The minimum absolute atomic E-state index is 0.00888. The highest BCUT2D eigenvalue weighted by Crippen LogP contribution is 2.14. The number of nitrogens with one attached hydrogen (secondary N) is 1. The summed E-state index contributed by atoms with van der Waals surface area (Å²) >= 11 is 0. The van der Waals surface area contributed by atoms with Crippen molar-refractivity contribution in [3.05, 3.63) is 24.3 Å². The molecule has 7 nitrogen and oxygen atoms in total. The first-order valence-corrected chi connectivity index (χ1v) is 10.1. The highest BCUT2D eigenvalue weighted by Gasteiger charge is 2.18. The van der Waals surface area contributed by atoms with Gasteiger partial charge in [0.2, 0.25) is 20.0 Å².